The van der Waals surface area contributed by atoms with Crippen LogP contribution in [-0.4, -0.2) is 9.97 Å². The number of aromatic nitrogens is 2. The summed E-state index contributed by atoms with van der Waals surface area (Å²) in [4.78, 5) is 7.74. The van der Waals surface area contributed by atoms with Crippen molar-refractivity contribution in [3.05, 3.63) is 24.3 Å². The lowest BCUT2D eigenvalue weighted by atomic mass is 10.6. The van der Waals surface area contributed by atoms with Crippen LogP contribution < -0.4 is 0 Å². The SMILES string of the molecule is Cc1ncccn1.P. The van der Waals surface area contributed by atoms with Crippen molar-refractivity contribution < 1.29 is 0 Å². The Balaban J connectivity index is 0.000000490. The average molecular weight is 128 g/mol. The zero-order chi connectivity index (χ0) is 5.11. The highest BCUT2D eigenvalue weighted by Crippen LogP contribution is 1.78. The molecule has 0 fully saturated rings. The molecule has 8 heavy (non-hydrogen) atoms. The lowest BCUT2D eigenvalue weighted by Gasteiger charge is -1.81. The van der Waals surface area contributed by atoms with Crippen LogP contribution in [0.5, 0.6) is 0 Å². The standard InChI is InChI=1S/C5H6N2.H3P/c1-5-6-3-2-4-7-5;/h2-4H,1H3;1H3. The Bertz CT molecular complexity index is 140. The molecule has 0 bridgehead atoms. The maximum absolute atomic E-state index is 3.87. The van der Waals surface area contributed by atoms with Crippen molar-refractivity contribution in [2.75, 3.05) is 0 Å². The second-order valence-corrected chi connectivity index (χ2v) is 1.30. The van der Waals surface area contributed by atoms with Crippen LogP contribution in [0, 0.1) is 6.92 Å². The molecule has 0 amide bonds. The first kappa shape index (κ1) is 7.51. The molecule has 1 heterocycles. The van der Waals surface area contributed by atoms with Crippen molar-refractivity contribution in [1.82, 2.24) is 9.97 Å². The highest BCUT2D eigenvalue weighted by atomic mass is 31.0. The Kier molecular flexibility index (Phi) is 3.29. The molecular weight excluding hydrogens is 119 g/mol. The van der Waals surface area contributed by atoms with Crippen LogP contribution in [-0.2, 0) is 0 Å². The van der Waals surface area contributed by atoms with Crippen LogP contribution in [0.4, 0.5) is 0 Å². The van der Waals surface area contributed by atoms with Crippen molar-refractivity contribution in [1.29, 1.82) is 0 Å². The van der Waals surface area contributed by atoms with E-state index in [9.17, 15) is 0 Å². The van der Waals surface area contributed by atoms with Gasteiger partial charge in [0.15, 0.2) is 0 Å². The summed E-state index contributed by atoms with van der Waals surface area (Å²) in [6, 6.07) is 1.80. The minimum absolute atomic E-state index is 0. The molecule has 0 aliphatic rings. The van der Waals surface area contributed by atoms with Gasteiger partial charge < -0.3 is 0 Å². The van der Waals surface area contributed by atoms with E-state index < -0.39 is 0 Å². The number of rotatable bonds is 0. The van der Waals surface area contributed by atoms with Gasteiger partial charge in [0, 0.05) is 12.4 Å². The third kappa shape index (κ3) is 1.99. The summed E-state index contributed by atoms with van der Waals surface area (Å²) < 4.78 is 0. The minimum atomic E-state index is 0. The van der Waals surface area contributed by atoms with Crippen molar-refractivity contribution in [2.45, 2.75) is 6.92 Å². The summed E-state index contributed by atoms with van der Waals surface area (Å²) >= 11 is 0. The first-order valence-corrected chi connectivity index (χ1v) is 2.13. The summed E-state index contributed by atoms with van der Waals surface area (Å²) in [5, 5.41) is 0. The second-order valence-electron chi connectivity index (χ2n) is 1.30. The minimum Gasteiger partial charge on any atom is -0.242 e. The number of hydrogen-bond acceptors (Lipinski definition) is 2. The Morgan fingerprint density at radius 2 is 1.75 bits per heavy atom. The molecule has 0 N–H and O–H groups in total. The highest BCUT2D eigenvalue weighted by molar-refractivity contribution is 6.92. The third-order valence-electron chi connectivity index (χ3n) is 0.695. The van der Waals surface area contributed by atoms with Gasteiger partial charge in [-0.2, -0.15) is 9.90 Å². The van der Waals surface area contributed by atoms with E-state index in [-0.39, 0.29) is 9.90 Å². The Hall–Kier alpha value is -0.490. The summed E-state index contributed by atoms with van der Waals surface area (Å²) in [6.07, 6.45) is 3.45. The highest BCUT2D eigenvalue weighted by Gasteiger charge is 1.74. The van der Waals surface area contributed by atoms with Gasteiger partial charge in [-0.05, 0) is 13.0 Å². The van der Waals surface area contributed by atoms with Crippen molar-refractivity contribution in [2.24, 2.45) is 0 Å². The molecule has 0 saturated heterocycles. The van der Waals surface area contributed by atoms with Gasteiger partial charge in [-0.1, -0.05) is 0 Å². The first-order valence-electron chi connectivity index (χ1n) is 2.13. The number of nitrogens with zero attached hydrogens (tertiary/aromatic N) is 2. The van der Waals surface area contributed by atoms with Gasteiger partial charge in [-0.15, -0.1) is 0 Å². The fraction of sp³-hybridized carbons (Fsp3) is 0.200. The van der Waals surface area contributed by atoms with E-state index in [1.807, 2.05) is 6.92 Å². The Morgan fingerprint density at radius 1 is 1.25 bits per heavy atom. The van der Waals surface area contributed by atoms with Crippen molar-refractivity contribution in [3.8, 4) is 0 Å². The second kappa shape index (κ2) is 3.50. The Morgan fingerprint density at radius 3 is 2.00 bits per heavy atom. The molecule has 44 valence electrons. The van der Waals surface area contributed by atoms with Gasteiger partial charge in [-0.3, -0.25) is 0 Å². The molecular formula is C5H9N2P. The van der Waals surface area contributed by atoms with Crippen LogP contribution in [0.2, 0.25) is 0 Å². The molecule has 1 aromatic heterocycles. The zero-order valence-corrected chi connectivity index (χ0v) is 6.25. The lowest BCUT2D eigenvalue weighted by Crippen LogP contribution is -1.80. The predicted octanol–water partition coefficient (Wildman–Crippen LogP) is 0.843. The van der Waals surface area contributed by atoms with E-state index in [1.54, 1.807) is 18.5 Å². The van der Waals surface area contributed by atoms with Crippen LogP contribution in [0.1, 0.15) is 5.82 Å². The first-order chi connectivity index (χ1) is 3.39. The van der Waals surface area contributed by atoms with E-state index in [2.05, 4.69) is 9.97 Å². The molecule has 0 spiro atoms. The fourth-order valence-corrected chi connectivity index (χ4v) is 0.374. The molecule has 0 saturated carbocycles. The monoisotopic (exact) mass is 128 g/mol. The predicted molar refractivity (Wildman–Crippen MR) is 37.9 cm³/mol. The smallest absolute Gasteiger partial charge is 0.125 e. The molecule has 0 radical (unpaired) electrons. The fourth-order valence-electron chi connectivity index (χ4n) is 0.374. The van der Waals surface area contributed by atoms with Crippen LogP contribution in [0.25, 0.3) is 0 Å². The summed E-state index contributed by atoms with van der Waals surface area (Å²) in [7, 11) is 0. The topological polar surface area (TPSA) is 25.8 Å². The number of hydrogen-bond donors (Lipinski definition) is 0. The molecule has 1 aromatic rings. The Labute approximate surface area is 52.0 Å². The molecule has 0 aromatic carbocycles. The lowest BCUT2D eigenvalue weighted by molar-refractivity contribution is 1.05. The molecule has 0 aliphatic heterocycles. The third-order valence-corrected chi connectivity index (χ3v) is 0.695. The maximum Gasteiger partial charge on any atom is 0.125 e. The van der Waals surface area contributed by atoms with Gasteiger partial charge >= 0.3 is 0 Å². The number of aryl methyl sites for hydroxylation is 1. The van der Waals surface area contributed by atoms with E-state index in [0.29, 0.717) is 0 Å². The van der Waals surface area contributed by atoms with Crippen LogP contribution >= 0.6 is 9.90 Å². The van der Waals surface area contributed by atoms with Crippen molar-refractivity contribution >= 4 is 9.90 Å². The van der Waals surface area contributed by atoms with Crippen molar-refractivity contribution in [3.63, 3.8) is 0 Å². The molecule has 2 nitrogen and oxygen atoms in total. The maximum atomic E-state index is 3.87. The summed E-state index contributed by atoms with van der Waals surface area (Å²) in [6.45, 7) is 1.86. The van der Waals surface area contributed by atoms with Crippen LogP contribution in [0.3, 0.4) is 0 Å². The van der Waals surface area contributed by atoms with Crippen LogP contribution in [0.15, 0.2) is 18.5 Å². The van der Waals surface area contributed by atoms with E-state index in [0.717, 1.165) is 5.82 Å². The molecule has 0 aliphatic carbocycles. The van der Waals surface area contributed by atoms with Gasteiger partial charge in [-0.25, -0.2) is 9.97 Å². The van der Waals surface area contributed by atoms with E-state index in [1.165, 1.54) is 0 Å². The van der Waals surface area contributed by atoms with E-state index in [4.69, 9.17) is 0 Å². The molecule has 1 unspecified atom stereocenters. The quantitative estimate of drug-likeness (QED) is 0.484. The van der Waals surface area contributed by atoms with Gasteiger partial charge in [0.05, 0.1) is 0 Å². The summed E-state index contributed by atoms with van der Waals surface area (Å²) in [5.41, 5.74) is 0. The normalized spacial score (nSPS) is 7.62. The van der Waals surface area contributed by atoms with Gasteiger partial charge in [0.25, 0.3) is 0 Å². The molecule has 1 atom stereocenters. The molecule has 1 rings (SSSR count). The van der Waals surface area contributed by atoms with Gasteiger partial charge in [0.1, 0.15) is 5.82 Å². The zero-order valence-electron chi connectivity index (χ0n) is 4.83. The molecule has 3 heteroatoms. The largest absolute Gasteiger partial charge is 0.242 e. The average Bonchev–Trinajstić information content (AvgIpc) is 1.69. The summed E-state index contributed by atoms with van der Waals surface area (Å²) in [5.74, 6) is 0.822. The van der Waals surface area contributed by atoms with Gasteiger partial charge in [0.2, 0.25) is 0 Å². The van der Waals surface area contributed by atoms with E-state index >= 15 is 0 Å².